The fraction of sp³-hybridized carbons (Fsp3) is 0.200. The zero-order chi connectivity index (χ0) is 18.9. The molecule has 0 saturated carbocycles. The van der Waals surface area contributed by atoms with Gasteiger partial charge < -0.3 is 9.67 Å². The Labute approximate surface area is 149 Å². The summed E-state index contributed by atoms with van der Waals surface area (Å²) in [4.78, 5) is 15.6. The number of benzene rings is 2. The first-order valence-corrected chi connectivity index (χ1v) is 8.06. The molecule has 0 aliphatic carbocycles. The van der Waals surface area contributed by atoms with E-state index in [-0.39, 0.29) is 11.1 Å². The maximum absolute atomic E-state index is 13.4. The monoisotopic (exact) mass is 356 g/mol. The lowest BCUT2D eigenvalue weighted by Crippen LogP contribution is -2.06. The number of carboxylic acids is 1. The van der Waals surface area contributed by atoms with E-state index < -0.39 is 11.9 Å². The van der Waals surface area contributed by atoms with Gasteiger partial charge in [-0.2, -0.15) is 0 Å². The number of alkyl halides is 2. The Bertz CT molecular complexity index is 941. The van der Waals surface area contributed by atoms with Gasteiger partial charge in [0.15, 0.2) is 0 Å². The normalized spacial score (nSPS) is 11.5. The highest BCUT2D eigenvalue weighted by atomic mass is 19.3. The van der Waals surface area contributed by atoms with Gasteiger partial charge in [0.1, 0.15) is 0 Å². The van der Waals surface area contributed by atoms with Gasteiger partial charge in [0.2, 0.25) is 0 Å². The van der Waals surface area contributed by atoms with Gasteiger partial charge in [0, 0.05) is 31.3 Å². The highest BCUT2D eigenvalue weighted by molar-refractivity contribution is 5.89. The van der Waals surface area contributed by atoms with E-state index >= 15 is 0 Å². The van der Waals surface area contributed by atoms with E-state index in [0.29, 0.717) is 12.1 Å². The highest BCUT2D eigenvalue weighted by Crippen LogP contribution is 2.29. The van der Waals surface area contributed by atoms with Gasteiger partial charge in [-0.3, -0.25) is 0 Å². The summed E-state index contributed by atoms with van der Waals surface area (Å²) in [5, 5.41) is 9.25. The SMILES string of the molecule is Cn1cnc(-c2cc(C(=O)O)ccc2Cc2ccc(C(C)(F)F)cc2)c1. The maximum Gasteiger partial charge on any atom is 0.335 e. The van der Waals surface area contributed by atoms with Crippen molar-refractivity contribution < 1.29 is 18.7 Å². The second-order valence-electron chi connectivity index (χ2n) is 6.36. The first-order valence-electron chi connectivity index (χ1n) is 8.06. The van der Waals surface area contributed by atoms with Crippen LogP contribution in [0, 0.1) is 0 Å². The smallest absolute Gasteiger partial charge is 0.335 e. The molecule has 3 rings (SSSR count). The predicted molar refractivity (Wildman–Crippen MR) is 94.4 cm³/mol. The molecule has 4 nitrogen and oxygen atoms in total. The zero-order valence-corrected chi connectivity index (χ0v) is 14.4. The second kappa shape index (κ2) is 6.71. The summed E-state index contributed by atoms with van der Waals surface area (Å²) in [6.45, 7) is 0.867. The molecule has 0 spiro atoms. The first kappa shape index (κ1) is 17.8. The lowest BCUT2D eigenvalue weighted by molar-refractivity contribution is 0.0174. The largest absolute Gasteiger partial charge is 0.478 e. The molecule has 1 aromatic heterocycles. The third-order valence-corrected chi connectivity index (χ3v) is 4.19. The van der Waals surface area contributed by atoms with Crippen LogP contribution in [0.2, 0.25) is 0 Å². The Morgan fingerprint density at radius 3 is 2.42 bits per heavy atom. The van der Waals surface area contributed by atoms with Crippen molar-refractivity contribution in [2.75, 3.05) is 0 Å². The van der Waals surface area contributed by atoms with Crippen LogP contribution in [0.5, 0.6) is 0 Å². The van der Waals surface area contributed by atoms with E-state index in [1.165, 1.54) is 12.1 Å². The molecule has 134 valence electrons. The van der Waals surface area contributed by atoms with E-state index in [9.17, 15) is 18.7 Å². The van der Waals surface area contributed by atoms with Crippen molar-refractivity contribution >= 4 is 5.97 Å². The highest BCUT2D eigenvalue weighted by Gasteiger charge is 2.23. The number of halogens is 2. The molecule has 1 heterocycles. The van der Waals surface area contributed by atoms with Gasteiger partial charge >= 0.3 is 5.97 Å². The Morgan fingerprint density at radius 1 is 1.19 bits per heavy atom. The third kappa shape index (κ3) is 3.79. The number of rotatable bonds is 5. The molecule has 0 unspecified atom stereocenters. The van der Waals surface area contributed by atoms with Gasteiger partial charge in [-0.15, -0.1) is 0 Å². The second-order valence-corrected chi connectivity index (χ2v) is 6.36. The van der Waals surface area contributed by atoms with E-state index in [1.54, 1.807) is 41.2 Å². The molecule has 26 heavy (non-hydrogen) atoms. The zero-order valence-electron chi connectivity index (χ0n) is 14.4. The lowest BCUT2D eigenvalue weighted by Gasteiger charge is -2.12. The number of carboxylic acid groups (broad SMARTS) is 1. The summed E-state index contributed by atoms with van der Waals surface area (Å²) in [7, 11) is 1.83. The number of imidazole rings is 1. The van der Waals surface area contributed by atoms with E-state index in [1.807, 2.05) is 13.2 Å². The predicted octanol–water partition coefficient (Wildman–Crippen LogP) is 4.49. The Morgan fingerprint density at radius 2 is 1.88 bits per heavy atom. The van der Waals surface area contributed by atoms with Crippen LogP contribution >= 0.6 is 0 Å². The summed E-state index contributed by atoms with van der Waals surface area (Å²) in [5.41, 5.74) is 3.27. The van der Waals surface area contributed by atoms with Crippen molar-refractivity contribution in [3.63, 3.8) is 0 Å². The molecular weight excluding hydrogens is 338 g/mol. The van der Waals surface area contributed by atoms with Crippen LogP contribution in [0.25, 0.3) is 11.3 Å². The molecule has 0 amide bonds. The number of aryl methyl sites for hydroxylation is 1. The van der Waals surface area contributed by atoms with Gasteiger partial charge in [-0.25, -0.2) is 18.6 Å². The van der Waals surface area contributed by atoms with Crippen molar-refractivity contribution in [3.8, 4) is 11.3 Å². The molecule has 0 bridgehead atoms. The Balaban J connectivity index is 1.98. The van der Waals surface area contributed by atoms with Gasteiger partial charge in [-0.1, -0.05) is 30.3 Å². The fourth-order valence-electron chi connectivity index (χ4n) is 2.79. The average Bonchev–Trinajstić information content (AvgIpc) is 3.01. The van der Waals surface area contributed by atoms with Gasteiger partial charge in [-0.05, 0) is 29.7 Å². The molecule has 0 fully saturated rings. The number of nitrogens with zero attached hydrogens (tertiary/aromatic N) is 2. The van der Waals surface area contributed by atoms with Crippen molar-refractivity contribution in [3.05, 3.63) is 77.2 Å². The van der Waals surface area contributed by atoms with Crippen LogP contribution in [0.3, 0.4) is 0 Å². The topological polar surface area (TPSA) is 55.1 Å². The minimum absolute atomic E-state index is 0.0348. The molecule has 0 radical (unpaired) electrons. The van der Waals surface area contributed by atoms with E-state index in [2.05, 4.69) is 4.98 Å². The fourth-order valence-corrected chi connectivity index (χ4v) is 2.79. The number of aromatic carboxylic acids is 1. The number of aromatic nitrogens is 2. The average molecular weight is 356 g/mol. The summed E-state index contributed by atoms with van der Waals surface area (Å²) < 4.78 is 28.5. The summed E-state index contributed by atoms with van der Waals surface area (Å²) in [6.07, 6.45) is 3.94. The minimum Gasteiger partial charge on any atom is -0.478 e. The molecule has 1 N–H and O–H groups in total. The van der Waals surface area contributed by atoms with Crippen LogP contribution in [-0.4, -0.2) is 20.6 Å². The quantitative estimate of drug-likeness (QED) is 0.733. The number of hydrogen-bond donors (Lipinski definition) is 1. The molecular formula is C20H18F2N2O2. The van der Waals surface area contributed by atoms with Crippen molar-refractivity contribution in [2.24, 2.45) is 7.05 Å². The number of carbonyl (C=O) groups is 1. The van der Waals surface area contributed by atoms with Crippen LogP contribution in [-0.2, 0) is 19.4 Å². The molecule has 0 atom stereocenters. The van der Waals surface area contributed by atoms with Gasteiger partial charge in [0.05, 0.1) is 17.6 Å². The third-order valence-electron chi connectivity index (χ3n) is 4.19. The first-order chi connectivity index (χ1) is 12.2. The molecule has 0 aliphatic heterocycles. The Hall–Kier alpha value is -3.02. The minimum atomic E-state index is -2.87. The summed E-state index contributed by atoms with van der Waals surface area (Å²) >= 11 is 0. The molecule has 3 aromatic rings. The van der Waals surface area contributed by atoms with Gasteiger partial charge in [0.25, 0.3) is 5.92 Å². The van der Waals surface area contributed by atoms with Crippen LogP contribution in [0.4, 0.5) is 8.78 Å². The van der Waals surface area contributed by atoms with E-state index in [0.717, 1.165) is 23.6 Å². The van der Waals surface area contributed by atoms with E-state index in [4.69, 9.17) is 0 Å². The van der Waals surface area contributed by atoms with Crippen molar-refractivity contribution in [1.29, 1.82) is 0 Å². The molecule has 6 heteroatoms. The molecule has 2 aromatic carbocycles. The molecule has 0 saturated heterocycles. The van der Waals surface area contributed by atoms with Crippen molar-refractivity contribution in [2.45, 2.75) is 19.3 Å². The number of hydrogen-bond acceptors (Lipinski definition) is 2. The standard InChI is InChI=1S/C20H18F2N2O2/c1-20(21,22)16-7-3-13(4-8-16)9-14-5-6-15(19(25)26)10-17(14)18-11-24(2)12-23-18/h3-8,10-12H,9H2,1-2H3,(H,25,26). The summed E-state index contributed by atoms with van der Waals surface area (Å²) in [6, 6.07) is 11.0. The lowest BCUT2D eigenvalue weighted by atomic mass is 9.95. The van der Waals surface area contributed by atoms with Crippen LogP contribution in [0.15, 0.2) is 55.0 Å². The Kier molecular flexibility index (Phi) is 4.59. The summed E-state index contributed by atoms with van der Waals surface area (Å²) in [5.74, 6) is -3.89. The van der Waals surface area contributed by atoms with Crippen LogP contribution < -0.4 is 0 Å². The maximum atomic E-state index is 13.4. The van der Waals surface area contributed by atoms with Crippen molar-refractivity contribution in [1.82, 2.24) is 9.55 Å². The van der Waals surface area contributed by atoms with Crippen LogP contribution in [0.1, 0.15) is 34.0 Å². The molecule has 0 aliphatic rings.